The largest absolute Gasteiger partial charge is 0.362 e. The number of rotatable bonds is 1. The predicted molar refractivity (Wildman–Crippen MR) is 42.9 cm³/mol. The van der Waals surface area contributed by atoms with Crippen molar-refractivity contribution < 1.29 is 14.6 Å². The Morgan fingerprint density at radius 1 is 1.33 bits per heavy atom. The molecule has 1 aromatic rings. The van der Waals surface area contributed by atoms with Crippen LogP contribution in [0.4, 0.5) is 4.39 Å². The lowest BCUT2D eigenvalue weighted by Gasteiger charge is -2.16. The quantitative estimate of drug-likeness (QED) is 0.623. The van der Waals surface area contributed by atoms with E-state index >= 15 is 0 Å². The third-order valence-corrected chi connectivity index (χ3v) is 1.63. The second-order valence-corrected chi connectivity index (χ2v) is 3.00. The maximum absolute atomic E-state index is 13.0. The minimum Gasteiger partial charge on any atom is -0.362 e. The van der Waals surface area contributed by atoms with Crippen molar-refractivity contribution in [3.05, 3.63) is 35.1 Å². The molecule has 0 aliphatic heterocycles. The Labute approximate surface area is 70.3 Å². The summed E-state index contributed by atoms with van der Waals surface area (Å²) in [6.07, 6.45) is 0. The molecule has 0 spiro atoms. The third-order valence-electron chi connectivity index (χ3n) is 1.63. The summed E-state index contributed by atoms with van der Waals surface area (Å²) < 4.78 is 13.0. The highest BCUT2D eigenvalue weighted by Crippen LogP contribution is 2.20. The van der Waals surface area contributed by atoms with Crippen LogP contribution in [0.5, 0.6) is 0 Å². The summed E-state index contributed by atoms with van der Waals surface area (Å²) in [4.78, 5) is 0. The maximum atomic E-state index is 13.0. The molecule has 1 aromatic carbocycles. The highest BCUT2D eigenvalue weighted by atomic mass is 19.1. The van der Waals surface area contributed by atoms with Crippen molar-refractivity contribution in [3.63, 3.8) is 0 Å². The van der Waals surface area contributed by atoms with Crippen LogP contribution in [0.2, 0.25) is 0 Å². The molecule has 0 radical (unpaired) electrons. The van der Waals surface area contributed by atoms with Gasteiger partial charge in [0.15, 0.2) is 5.79 Å². The van der Waals surface area contributed by atoms with Gasteiger partial charge in [0.05, 0.1) is 0 Å². The Morgan fingerprint density at radius 3 is 2.33 bits per heavy atom. The minimum absolute atomic E-state index is 0.104. The molecule has 0 fully saturated rings. The average Bonchev–Trinajstić information content (AvgIpc) is 1.83. The second-order valence-electron chi connectivity index (χ2n) is 3.00. The fraction of sp³-hybridized carbons (Fsp3) is 0.333. The van der Waals surface area contributed by atoms with Gasteiger partial charge < -0.3 is 10.2 Å². The van der Waals surface area contributed by atoms with Crippen molar-refractivity contribution in [2.75, 3.05) is 0 Å². The van der Waals surface area contributed by atoms with E-state index in [2.05, 4.69) is 0 Å². The Balaban J connectivity index is 3.19. The molecule has 0 atom stereocenters. The summed E-state index contributed by atoms with van der Waals surface area (Å²) in [6.45, 7) is 2.86. The molecule has 0 saturated heterocycles. The summed E-state index contributed by atoms with van der Waals surface area (Å²) in [5, 5.41) is 18.2. The number of benzene rings is 1. The molecule has 1 rings (SSSR count). The summed E-state index contributed by atoms with van der Waals surface area (Å²) >= 11 is 0. The highest BCUT2D eigenvalue weighted by Gasteiger charge is 2.22. The fourth-order valence-corrected chi connectivity index (χ4v) is 1.00. The van der Waals surface area contributed by atoms with Gasteiger partial charge in [-0.05, 0) is 25.5 Å². The number of halogens is 1. The SMILES string of the molecule is Cc1ccc(C(C)(O)O)c(F)c1. The Hall–Kier alpha value is -0.930. The van der Waals surface area contributed by atoms with E-state index in [4.69, 9.17) is 10.2 Å². The molecule has 0 heterocycles. The topological polar surface area (TPSA) is 40.5 Å². The molecule has 0 aliphatic rings. The first-order chi connectivity index (χ1) is 5.41. The van der Waals surface area contributed by atoms with Gasteiger partial charge in [-0.15, -0.1) is 0 Å². The molecule has 0 bridgehead atoms. The van der Waals surface area contributed by atoms with Crippen molar-refractivity contribution in [1.29, 1.82) is 0 Å². The van der Waals surface area contributed by atoms with Crippen LogP contribution in [0.3, 0.4) is 0 Å². The standard InChI is InChI=1S/C9H11FO2/c1-6-3-4-7(8(10)5-6)9(2,11)12/h3-5,11-12H,1-2H3. The monoisotopic (exact) mass is 170 g/mol. The smallest absolute Gasteiger partial charge is 0.189 e. The van der Waals surface area contributed by atoms with Crippen LogP contribution in [-0.4, -0.2) is 10.2 Å². The van der Waals surface area contributed by atoms with Crippen molar-refractivity contribution in [2.45, 2.75) is 19.6 Å². The lowest BCUT2D eigenvalue weighted by molar-refractivity contribution is -0.154. The molecule has 0 aliphatic carbocycles. The third kappa shape index (κ3) is 1.81. The number of hydrogen-bond donors (Lipinski definition) is 2. The first-order valence-electron chi connectivity index (χ1n) is 3.62. The van der Waals surface area contributed by atoms with Crippen LogP contribution in [0.25, 0.3) is 0 Å². The minimum atomic E-state index is -2.10. The lowest BCUT2D eigenvalue weighted by atomic mass is 10.1. The van der Waals surface area contributed by atoms with E-state index in [-0.39, 0.29) is 5.56 Å². The number of aliphatic hydroxyl groups is 2. The first kappa shape index (κ1) is 9.16. The number of aryl methyl sites for hydroxylation is 1. The molecular weight excluding hydrogens is 159 g/mol. The molecule has 0 unspecified atom stereocenters. The van der Waals surface area contributed by atoms with Gasteiger partial charge >= 0.3 is 0 Å². The van der Waals surface area contributed by atoms with Gasteiger partial charge in [0.2, 0.25) is 0 Å². The summed E-state index contributed by atoms with van der Waals surface area (Å²) in [7, 11) is 0. The molecule has 0 amide bonds. The zero-order valence-corrected chi connectivity index (χ0v) is 7.00. The van der Waals surface area contributed by atoms with E-state index in [0.717, 1.165) is 12.5 Å². The van der Waals surface area contributed by atoms with Crippen molar-refractivity contribution >= 4 is 0 Å². The van der Waals surface area contributed by atoms with Crippen molar-refractivity contribution in [2.24, 2.45) is 0 Å². The highest BCUT2D eigenvalue weighted by molar-refractivity contribution is 5.26. The van der Waals surface area contributed by atoms with E-state index < -0.39 is 11.6 Å². The summed E-state index contributed by atoms with van der Waals surface area (Å²) in [6, 6.07) is 4.26. The van der Waals surface area contributed by atoms with Crippen molar-refractivity contribution in [1.82, 2.24) is 0 Å². The first-order valence-corrected chi connectivity index (χ1v) is 3.62. The Bertz CT molecular complexity index is 289. The van der Waals surface area contributed by atoms with Crippen LogP contribution < -0.4 is 0 Å². The number of hydrogen-bond acceptors (Lipinski definition) is 2. The zero-order chi connectivity index (χ0) is 9.35. The van der Waals surface area contributed by atoms with Crippen molar-refractivity contribution in [3.8, 4) is 0 Å². The lowest BCUT2D eigenvalue weighted by Crippen LogP contribution is -2.21. The van der Waals surface area contributed by atoms with E-state index in [0.29, 0.717) is 0 Å². The van der Waals surface area contributed by atoms with Gasteiger partial charge in [0.25, 0.3) is 0 Å². The average molecular weight is 170 g/mol. The molecule has 12 heavy (non-hydrogen) atoms. The Kier molecular flexibility index (Phi) is 2.17. The summed E-state index contributed by atoms with van der Waals surface area (Å²) in [5.74, 6) is -2.69. The zero-order valence-electron chi connectivity index (χ0n) is 7.00. The van der Waals surface area contributed by atoms with Crippen LogP contribution in [-0.2, 0) is 5.79 Å². The predicted octanol–water partition coefficient (Wildman–Crippen LogP) is 1.29. The van der Waals surface area contributed by atoms with E-state index in [1.165, 1.54) is 12.1 Å². The molecule has 0 aromatic heterocycles. The van der Waals surface area contributed by atoms with E-state index in [1.807, 2.05) is 0 Å². The maximum Gasteiger partial charge on any atom is 0.189 e. The normalized spacial score (nSPS) is 11.8. The Morgan fingerprint density at radius 2 is 1.92 bits per heavy atom. The van der Waals surface area contributed by atoms with Crippen LogP contribution in [0.15, 0.2) is 18.2 Å². The molecule has 0 saturated carbocycles. The van der Waals surface area contributed by atoms with Crippen LogP contribution >= 0.6 is 0 Å². The molecular formula is C9H11FO2. The van der Waals surface area contributed by atoms with E-state index in [1.54, 1.807) is 13.0 Å². The van der Waals surface area contributed by atoms with Gasteiger partial charge in [-0.3, -0.25) is 0 Å². The van der Waals surface area contributed by atoms with Gasteiger partial charge in [0, 0.05) is 5.56 Å². The fourth-order valence-electron chi connectivity index (χ4n) is 1.00. The molecule has 3 heteroatoms. The van der Waals surface area contributed by atoms with Crippen LogP contribution in [0.1, 0.15) is 18.1 Å². The van der Waals surface area contributed by atoms with E-state index in [9.17, 15) is 4.39 Å². The van der Waals surface area contributed by atoms with Gasteiger partial charge in [-0.2, -0.15) is 0 Å². The van der Waals surface area contributed by atoms with Gasteiger partial charge in [-0.25, -0.2) is 4.39 Å². The van der Waals surface area contributed by atoms with Crippen LogP contribution in [0, 0.1) is 12.7 Å². The molecule has 66 valence electrons. The summed E-state index contributed by atoms with van der Waals surface area (Å²) in [5.41, 5.74) is 0.647. The van der Waals surface area contributed by atoms with Gasteiger partial charge in [-0.1, -0.05) is 12.1 Å². The second kappa shape index (κ2) is 2.84. The molecule has 2 nitrogen and oxygen atoms in total. The molecule has 2 N–H and O–H groups in total. The van der Waals surface area contributed by atoms with Gasteiger partial charge in [0.1, 0.15) is 5.82 Å².